The predicted molar refractivity (Wildman–Crippen MR) is 112 cm³/mol. The fraction of sp³-hybridized carbons (Fsp3) is 0.174. The molecule has 30 heavy (non-hydrogen) atoms. The zero-order valence-corrected chi connectivity index (χ0v) is 16.2. The van der Waals surface area contributed by atoms with Crippen LogP contribution in [0.2, 0.25) is 0 Å². The Hall–Kier alpha value is -3.87. The minimum atomic E-state index is -0.387. The van der Waals surface area contributed by atoms with Crippen molar-refractivity contribution >= 4 is 34.2 Å². The van der Waals surface area contributed by atoms with Gasteiger partial charge in [-0.05, 0) is 18.2 Å². The fourth-order valence-electron chi connectivity index (χ4n) is 4.17. The monoisotopic (exact) mass is 400 g/mol. The van der Waals surface area contributed by atoms with Gasteiger partial charge in [-0.2, -0.15) is 0 Å². The summed E-state index contributed by atoms with van der Waals surface area (Å²) >= 11 is 0. The number of benzene rings is 2. The first-order valence-electron chi connectivity index (χ1n) is 9.89. The van der Waals surface area contributed by atoms with E-state index in [1.54, 1.807) is 23.2 Å². The molecule has 5 rings (SSSR count). The van der Waals surface area contributed by atoms with E-state index in [0.29, 0.717) is 48.6 Å². The van der Waals surface area contributed by atoms with Gasteiger partial charge in [0.1, 0.15) is 5.70 Å². The Morgan fingerprint density at radius 2 is 1.53 bits per heavy atom. The van der Waals surface area contributed by atoms with Gasteiger partial charge in [0, 0.05) is 54.4 Å². The van der Waals surface area contributed by atoms with Gasteiger partial charge in [-0.1, -0.05) is 36.4 Å². The molecule has 7 nitrogen and oxygen atoms in total. The lowest BCUT2D eigenvalue weighted by Gasteiger charge is -2.36. The average Bonchev–Trinajstić information content (AvgIpc) is 3.33. The van der Waals surface area contributed by atoms with E-state index >= 15 is 0 Å². The molecule has 0 atom stereocenters. The molecular formula is C23H20N4O3. The van der Waals surface area contributed by atoms with Crippen molar-refractivity contribution < 1.29 is 14.4 Å². The SMILES string of the molecule is O=C1NC(=O)C(N2CCN(C(=O)c3ccccc3)CC2)=C1c1c[nH]c2ccccc12. The van der Waals surface area contributed by atoms with E-state index in [9.17, 15) is 14.4 Å². The number of amides is 3. The molecule has 0 bridgehead atoms. The van der Waals surface area contributed by atoms with Gasteiger partial charge in [-0.3, -0.25) is 19.7 Å². The van der Waals surface area contributed by atoms with Gasteiger partial charge < -0.3 is 14.8 Å². The Bertz CT molecular complexity index is 1190. The molecular weight excluding hydrogens is 380 g/mol. The summed E-state index contributed by atoms with van der Waals surface area (Å²) in [6.07, 6.45) is 1.77. The summed E-state index contributed by atoms with van der Waals surface area (Å²) in [4.78, 5) is 44.8. The lowest BCUT2D eigenvalue weighted by atomic mass is 10.0. The second kappa shape index (κ2) is 7.18. The van der Waals surface area contributed by atoms with Crippen molar-refractivity contribution in [2.45, 2.75) is 0 Å². The smallest absolute Gasteiger partial charge is 0.275 e. The fourth-order valence-corrected chi connectivity index (χ4v) is 4.17. The number of aromatic amines is 1. The zero-order chi connectivity index (χ0) is 20.7. The first-order chi connectivity index (χ1) is 14.6. The van der Waals surface area contributed by atoms with E-state index < -0.39 is 0 Å². The van der Waals surface area contributed by atoms with E-state index in [2.05, 4.69) is 10.3 Å². The van der Waals surface area contributed by atoms with Gasteiger partial charge in [-0.15, -0.1) is 0 Å². The number of fused-ring (bicyclic) bond motifs is 1. The van der Waals surface area contributed by atoms with Gasteiger partial charge in [0.2, 0.25) is 0 Å². The second-order valence-corrected chi connectivity index (χ2v) is 7.40. The Balaban J connectivity index is 1.43. The molecule has 1 saturated heterocycles. The van der Waals surface area contributed by atoms with Crippen LogP contribution >= 0.6 is 0 Å². The number of imide groups is 1. The number of rotatable bonds is 3. The van der Waals surface area contributed by atoms with Gasteiger partial charge in [-0.25, -0.2) is 0 Å². The zero-order valence-electron chi connectivity index (χ0n) is 16.2. The van der Waals surface area contributed by atoms with Gasteiger partial charge in [0.15, 0.2) is 0 Å². The van der Waals surface area contributed by atoms with Crippen LogP contribution in [-0.2, 0) is 9.59 Å². The summed E-state index contributed by atoms with van der Waals surface area (Å²) in [6.45, 7) is 1.95. The lowest BCUT2D eigenvalue weighted by Crippen LogP contribution is -2.49. The number of nitrogens with zero attached hydrogens (tertiary/aromatic N) is 2. The Kier molecular flexibility index (Phi) is 4.35. The number of aromatic nitrogens is 1. The van der Waals surface area contributed by atoms with Crippen LogP contribution in [0.5, 0.6) is 0 Å². The number of hydrogen-bond donors (Lipinski definition) is 2. The third-order valence-corrected chi connectivity index (χ3v) is 5.67. The standard InChI is InChI=1S/C23H20N4O3/c28-21-19(17-14-24-18-9-5-4-8-16(17)18)20(22(29)25-21)26-10-12-27(13-11-26)23(30)15-6-2-1-3-7-15/h1-9,14,24H,10-13H2,(H,25,28,29). The Morgan fingerprint density at radius 3 is 2.30 bits per heavy atom. The number of nitrogens with one attached hydrogen (secondary N) is 2. The maximum atomic E-state index is 12.7. The highest BCUT2D eigenvalue weighted by atomic mass is 16.2. The van der Waals surface area contributed by atoms with Crippen LogP contribution in [-0.4, -0.2) is 58.7 Å². The van der Waals surface area contributed by atoms with Crippen LogP contribution in [0.4, 0.5) is 0 Å². The number of carbonyl (C=O) groups is 3. The highest BCUT2D eigenvalue weighted by Crippen LogP contribution is 2.32. The van der Waals surface area contributed by atoms with Crippen molar-refractivity contribution in [3.63, 3.8) is 0 Å². The van der Waals surface area contributed by atoms with Crippen molar-refractivity contribution in [2.75, 3.05) is 26.2 Å². The van der Waals surface area contributed by atoms with Crippen LogP contribution in [0.15, 0.2) is 66.5 Å². The summed E-state index contributed by atoms with van der Waals surface area (Å²) in [7, 11) is 0. The molecule has 0 spiro atoms. The molecule has 2 aliphatic heterocycles. The third kappa shape index (κ3) is 2.95. The highest BCUT2D eigenvalue weighted by molar-refractivity contribution is 6.37. The maximum Gasteiger partial charge on any atom is 0.275 e. The Labute approximate surface area is 173 Å². The summed E-state index contributed by atoms with van der Waals surface area (Å²) in [5, 5.41) is 3.34. The topological polar surface area (TPSA) is 85.5 Å². The molecule has 0 aliphatic carbocycles. The normalized spacial score (nSPS) is 17.1. The third-order valence-electron chi connectivity index (χ3n) is 5.67. The summed E-state index contributed by atoms with van der Waals surface area (Å²) < 4.78 is 0. The van der Waals surface area contributed by atoms with Gasteiger partial charge in [0.25, 0.3) is 17.7 Å². The van der Waals surface area contributed by atoms with E-state index in [-0.39, 0.29) is 17.7 Å². The number of carbonyl (C=O) groups excluding carboxylic acids is 3. The van der Waals surface area contributed by atoms with E-state index in [0.717, 1.165) is 10.9 Å². The first kappa shape index (κ1) is 18.2. The van der Waals surface area contributed by atoms with Crippen LogP contribution in [0, 0.1) is 0 Å². The highest BCUT2D eigenvalue weighted by Gasteiger charge is 2.37. The molecule has 0 unspecified atom stereocenters. The molecule has 2 N–H and O–H groups in total. The molecule has 3 aromatic rings. The molecule has 3 heterocycles. The maximum absolute atomic E-state index is 12.7. The molecule has 0 radical (unpaired) electrons. The summed E-state index contributed by atoms with van der Waals surface area (Å²) in [6, 6.07) is 16.9. The minimum Gasteiger partial charge on any atom is -0.363 e. The van der Waals surface area contributed by atoms with Crippen molar-refractivity contribution in [1.82, 2.24) is 20.1 Å². The lowest BCUT2D eigenvalue weighted by molar-refractivity contribution is -0.124. The summed E-state index contributed by atoms with van der Waals surface area (Å²) in [5.74, 6) is -0.793. The average molecular weight is 400 g/mol. The largest absolute Gasteiger partial charge is 0.363 e. The van der Waals surface area contributed by atoms with Crippen LogP contribution in [0.3, 0.4) is 0 Å². The molecule has 0 saturated carbocycles. The summed E-state index contributed by atoms with van der Waals surface area (Å²) in [5.41, 5.74) is 3.05. The van der Waals surface area contributed by atoms with Crippen molar-refractivity contribution in [3.05, 3.63) is 77.6 Å². The van der Waals surface area contributed by atoms with Gasteiger partial charge >= 0.3 is 0 Å². The molecule has 7 heteroatoms. The molecule has 1 aromatic heterocycles. The number of hydrogen-bond acceptors (Lipinski definition) is 4. The molecule has 2 aromatic carbocycles. The first-order valence-corrected chi connectivity index (χ1v) is 9.89. The van der Waals surface area contributed by atoms with Crippen molar-refractivity contribution in [3.8, 4) is 0 Å². The number of H-pyrrole nitrogens is 1. The van der Waals surface area contributed by atoms with Crippen molar-refractivity contribution in [2.24, 2.45) is 0 Å². The van der Waals surface area contributed by atoms with E-state index in [4.69, 9.17) is 0 Å². The molecule has 150 valence electrons. The van der Waals surface area contributed by atoms with E-state index in [1.165, 1.54) is 0 Å². The van der Waals surface area contributed by atoms with Crippen molar-refractivity contribution in [1.29, 1.82) is 0 Å². The van der Waals surface area contributed by atoms with Crippen LogP contribution in [0.25, 0.3) is 16.5 Å². The second-order valence-electron chi connectivity index (χ2n) is 7.40. The molecule has 2 aliphatic rings. The number of piperazine rings is 1. The van der Waals surface area contributed by atoms with E-state index in [1.807, 2.05) is 47.4 Å². The predicted octanol–water partition coefficient (Wildman–Crippen LogP) is 1.99. The molecule has 3 amide bonds. The Morgan fingerprint density at radius 1 is 0.833 bits per heavy atom. The van der Waals surface area contributed by atoms with Gasteiger partial charge in [0.05, 0.1) is 5.57 Å². The molecule has 1 fully saturated rings. The number of para-hydroxylation sites is 1. The van der Waals surface area contributed by atoms with Crippen LogP contribution < -0.4 is 5.32 Å². The van der Waals surface area contributed by atoms with Crippen LogP contribution in [0.1, 0.15) is 15.9 Å². The quantitative estimate of drug-likeness (QED) is 0.659. The minimum absolute atomic E-state index is 0.0203.